The highest BCUT2D eigenvalue weighted by molar-refractivity contribution is 7.53. The smallest absolute Gasteiger partial charge is 0.330 e. The summed E-state index contributed by atoms with van der Waals surface area (Å²) in [6.07, 6.45) is 0.256. The average molecular weight is 223 g/mol. The molecule has 0 aromatic rings. The van der Waals surface area contributed by atoms with E-state index in [9.17, 15) is 14.5 Å². The van der Waals surface area contributed by atoms with Crippen molar-refractivity contribution in [1.29, 1.82) is 0 Å². The van der Waals surface area contributed by atoms with Gasteiger partial charge in [0.05, 0.1) is 19.4 Å². The number of hydrogen-bond donors (Lipinski definition) is 0. The van der Waals surface area contributed by atoms with E-state index in [1.807, 2.05) is 0 Å². The molecule has 0 radical (unpaired) electrons. The van der Waals surface area contributed by atoms with Gasteiger partial charge in [-0.2, -0.15) is 0 Å². The standard InChI is InChI=1S/C8H17O5P/c1-3-12-14(11,13-4-2)7-5-6-8(9)10/h3-7H2,1-2H3,(H,9,10)/p-1. The van der Waals surface area contributed by atoms with Crippen LogP contribution in [0.4, 0.5) is 0 Å². The van der Waals surface area contributed by atoms with Crippen molar-refractivity contribution in [3.05, 3.63) is 0 Å². The summed E-state index contributed by atoms with van der Waals surface area (Å²) in [7, 11) is -3.07. The number of carboxylic acids is 1. The predicted molar refractivity (Wildman–Crippen MR) is 50.0 cm³/mol. The van der Waals surface area contributed by atoms with Gasteiger partial charge in [-0.3, -0.25) is 4.57 Å². The molecular weight excluding hydrogens is 207 g/mol. The third-order valence-corrected chi connectivity index (χ3v) is 3.63. The Morgan fingerprint density at radius 2 is 1.79 bits per heavy atom. The summed E-state index contributed by atoms with van der Waals surface area (Å²) in [4.78, 5) is 10.1. The van der Waals surface area contributed by atoms with E-state index in [2.05, 4.69) is 0 Å². The van der Waals surface area contributed by atoms with Crippen LogP contribution in [0.5, 0.6) is 0 Å². The fraction of sp³-hybridized carbons (Fsp3) is 0.875. The van der Waals surface area contributed by atoms with Crippen molar-refractivity contribution < 1.29 is 23.5 Å². The molecule has 0 aliphatic rings. The lowest BCUT2D eigenvalue weighted by atomic mass is 10.3. The van der Waals surface area contributed by atoms with Crippen LogP contribution in [0.25, 0.3) is 0 Å². The molecule has 0 aromatic heterocycles. The van der Waals surface area contributed by atoms with Crippen molar-refractivity contribution in [2.24, 2.45) is 0 Å². The molecular formula is C8H16O5P-. The van der Waals surface area contributed by atoms with Crippen molar-refractivity contribution >= 4 is 13.6 Å². The summed E-state index contributed by atoms with van der Waals surface area (Å²) in [5.74, 6) is -1.15. The van der Waals surface area contributed by atoms with Crippen LogP contribution in [0.2, 0.25) is 0 Å². The lowest BCUT2D eigenvalue weighted by Gasteiger charge is -2.16. The highest BCUT2D eigenvalue weighted by Crippen LogP contribution is 2.48. The fourth-order valence-electron chi connectivity index (χ4n) is 0.977. The van der Waals surface area contributed by atoms with Gasteiger partial charge in [-0.15, -0.1) is 0 Å². The molecule has 0 bridgehead atoms. The van der Waals surface area contributed by atoms with Gasteiger partial charge in [0.2, 0.25) is 0 Å². The van der Waals surface area contributed by atoms with Crippen LogP contribution in [0.1, 0.15) is 26.7 Å². The SMILES string of the molecule is CCOP(=O)(CCCC(=O)[O-])OCC. The maximum absolute atomic E-state index is 11.7. The summed E-state index contributed by atoms with van der Waals surface area (Å²) in [5.41, 5.74) is 0. The maximum atomic E-state index is 11.7. The molecule has 0 amide bonds. The van der Waals surface area contributed by atoms with Crippen LogP contribution >= 0.6 is 7.60 Å². The molecule has 0 fully saturated rings. The Labute approximate surface area is 83.9 Å². The predicted octanol–water partition coefficient (Wildman–Crippen LogP) is 0.783. The highest BCUT2D eigenvalue weighted by Gasteiger charge is 2.22. The molecule has 0 rings (SSSR count). The van der Waals surface area contributed by atoms with Crippen LogP contribution in [-0.2, 0) is 18.4 Å². The monoisotopic (exact) mass is 223 g/mol. The van der Waals surface area contributed by atoms with Crippen molar-refractivity contribution in [2.45, 2.75) is 26.7 Å². The molecule has 0 aromatic carbocycles. The minimum atomic E-state index is -3.07. The van der Waals surface area contributed by atoms with Gasteiger partial charge in [0.25, 0.3) is 0 Å². The Balaban J connectivity index is 3.96. The second-order valence-electron chi connectivity index (χ2n) is 2.65. The summed E-state index contributed by atoms with van der Waals surface area (Å²) in [5, 5.41) is 10.1. The lowest BCUT2D eigenvalue weighted by molar-refractivity contribution is -0.305. The van der Waals surface area contributed by atoms with E-state index in [0.29, 0.717) is 13.2 Å². The minimum absolute atomic E-state index is 0.121. The molecule has 0 N–H and O–H groups in total. The number of carbonyl (C=O) groups is 1. The topological polar surface area (TPSA) is 75.7 Å². The summed E-state index contributed by atoms with van der Waals surface area (Å²) >= 11 is 0. The molecule has 0 aliphatic carbocycles. The van der Waals surface area contributed by atoms with E-state index >= 15 is 0 Å². The second kappa shape index (κ2) is 6.98. The van der Waals surface area contributed by atoms with Gasteiger partial charge in [-0.05, 0) is 26.7 Å². The zero-order valence-electron chi connectivity index (χ0n) is 8.52. The van der Waals surface area contributed by atoms with Gasteiger partial charge in [0.1, 0.15) is 0 Å². The van der Waals surface area contributed by atoms with Crippen LogP contribution in [0.3, 0.4) is 0 Å². The van der Waals surface area contributed by atoms with E-state index in [1.54, 1.807) is 13.8 Å². The van der Waals surface area contributed by atoms with Crippen LogP contribution in [-0.4, -0.2) is 25.3 Å². The first-order valence-corrected chi connectivity index (χ1v) is 6.35. The summed E-state index contributed by atoms with van der Waals surface area (Å²) in [6, 6.07) is 0. The van der Waals surface area contributed by atoms with Crippen LogP contribution in [0, 0.1) is 0 Å². The quantitative estimate of drug-likeness (QED) is 0.568. The zero-order valence-corrected chi connectivity index (χ0v) is 9.42. The lowest BCUT2D eigenvalue weighted by Crippen LogP contribution is -2.22. The molecule has 0 unspecified atom stereocenters. The Bertz CT molecular complexity index is 206. The summed E-state index contributed by atoms with van der Waals surface area (Å²) < 4.78 is 21.7. The van der Waals surface area contributed by atoms with Crippen LogP contribution in [0.15, 0.2) is 0 Å². The normalized spacial score (nSPS) is 11.6. The first kappa shape index (κ1) is 13.6. The first-order chi connectivity index (χ1) is 6.54. The third kappa shape index (κ3) is 6.13. The van der Waals surface area contributed by atoms with E-state index in [0.717, 1.165) is 0 Å². The van der Waals surface area contributed by atoms with Crippen molar-refractivity contribution in [3.8, 4) is 0 Å². The summed E-state index contributed by atoms with van der Waals surface area (Å²) in [6.45, 7) is 4.01. The van der Waals surface area contributed by atoms with Gasteiger partial charge >= 0.3 is 7.60 Å². The third-order valence-electron chi connectivity index (χ3n) is 1.46. The largest absolute Gasteiger partial charge is 0.550 e. The molecule has 0 aliphatic heterocycles. The minimum Gasteiger partial charge on any atom is -0.550 e. The Morgan fingerprint density at radius 1 is 1.29 bits per heavy atom. The number of carboxylic acid groups (broad SMARTS) is 1. The van der Waals surface area contributed by atoms with E-state index < -0.39 is 13.6 Å². The number of carbonyl (C=O) groups excluding carboxylic acids is 1. The first-order valence-electron chi connectivity index (χ1n) is 4.62. The van der Waals surface area contributed by atoms with E-state index in [4.69, 9.17) is 9.05 Å². The van der Waals surface area contributed by atoms with Gasteiger partial charge in [-0.1, -0.05) is 0 Å². The molecule has 0 saturated heterocycles. The second-order valence-corrected chi connectivity index (χ2v) is 4.83. The molecule has 6 heteroatoms. The number of aliphatic carboxylic acids is 1. The number of rotatable bonds is 8. The Hall–Kier alpha value is -0.380. The average Bonchev–Trinajstić information content (AvgIpc) is 2.03. The molecule has 0 atom stereocenters. The van der Waals surface area contributed by atoms with E-state index in [-0.39, 0.29) is 19.0 Å². The molecule has 5 nitrogen and oxygen atoms in total. The van der Waals surface area contributed by atoms with Crippen molar-refractivity contribution in [3.63, 3.8) is 0 Å². The number of hydrogen-bond acceptors (Lipinski definition) is 5. The van der Waals surface area contributed by atoms with Crippen molar-refractivity contribution in [2.75, 3.05) is 19.4 Å². The van der Waals surface area contributed by atoms with Crippen molar-refractivity contribution in [1.82, 2.24) is 0 Å². The highest BCUT2D eigenvalue weighted by atomic mass is 31.2. The fourth-order valence-corrected chi connectivity index (χ4v) is 2.64. The van der Waals surface area contributed by atoms with Gasteiger partial charge < -0.3 is 18.9 Å². The maximum Gasteiger partial charge on any atom is 0.330 e. The van der Waals surface area contributed by atoms with Gasteiger partial charge in [0, 0.05) is 5.97 Å². The molecule has 0 heterocycles. The Kier molecular flexibility index (Phi) is 6.79. The molecule has 84 valence electrons. The van der Waals surface area contributed by atoms with E-state index in [1.165, 1.54) is 0 Å². The molecule has 0 saturated carbocycles. The van der Waals surface area contributed by atoms with Gasteiger partial charge in [-0.25, -0.2) is 0 Å². The zero-order chi connectivity index (χ0) is 11.0. The Morgan fingerprint density at radius 3 is 2.14 bits per heavy atom. The molecule has 0 spiro atoms. The van der Waals surface area contributed by atoms with Gasteiger partial charge in [0.15, 0.2) is 0 Å². The molecule has 14 heavy (non-hydrogen) atoms. The van der Waals surface area contributed by atoms with Crippen LogP contribution < -0.4 is 5.11 Å².